The molecule has 0 radical (unpaired) electrons. The highest BCUT2D eigenvalue weighted by atomic mass is 16.5. The van der Waals surface area contributed by atoms with Gasteiger partial charge < -0.3 is 9.84 Å². The Labute approximate surface area is 91.2 Å². The van der Waals surface area contributed by atoms with Crippen LogP contribution in [0.4, 0.5) is 0 Å². The molecule has 0 aliphatic rings. The van der Waals surface area contributed by atoms with Gasteiger partial charge in [0.15, 0.2) is 0 Å². The van der Waals surface area contributed by atoms with Crippen LogP contribution in [-0.4, -0.2) is 17.8 Å². The Kier molecular flexibility index (Phi) is 4.91. The summed E-state index contributed by atoms with van der Waals surface area (Å²) < 4.78 is 5.05. The van der Waals surface area contributed by atoms with E-state index >= 15 is 0 Å². The zero-order chi connectivity index (χ0) is 11.1. The molecule has 0 aromatic heterocycles. The first-order valence-electron chi connectivity index (χ1n) is 5.27. The fourth-order valence-electron chi connectivity index (χ4n) is 1.35. The van der Waals surface area contributed by atoms with Crippen LogP contribution in [0.25, 0.3) is 0 Å². The normalized spacial score (nSPS) is 15.1. The fraction of sp³-hybridized carbons (Fsp3) is 0.385. The highest BCUT2D eigenvalue weighted by Gasteiger charge is 2.12. The summed E-state index contributed by atoms with van der Waals surface area (Å²) in [5.74, 6) is 0.0860. The number of hydrogen-bond acceptors (Lipinski definition) is 2. The maximum atomic E-state index is 9.83. The third-order valence-electron chi connectivity index (χ3n) is 2.38. The quantitative estimate of drug-likeness (QED) is 0.750. The van der Waals surface area contributed by atoms with E-state index in [0.29, 0.717) is 6.61 Å². The van der Waals surface area contributed by atoms with Gasteiger partial charge in [0.25, 0.3) is 0 Å². The van der Waals surface area contributed by atoms with Crippen LogP contribution in [0.1, 0.15) is 25.3 Å². The first-order chi connectivity index (χ1) is 7.25. The van der Waals surface area contributed by atoms with Crippen LogP contribution in [0.5, 0.6) is 0 Å². The van der Waals surface area contributed by atoms with Gasteiger partial charge in [-0.1, -0.05) is 37.3 Å². The molecule has 1 aromatic carbocycles. The van der Waals surface area contributed by atoms with E-state index < -0.39 is 6.10 Å². The van der Waals surface area contributed by atoms with Gasteiger partial charge >= 0.3 is 0 Å². The van der Waals surface area contributed by atoms with Crippen LogP contribution in [-0.2, 0) is 4.74 Å². The topological polar surface area (TPSA) is 29.5 Å². The Hall–Kier alpha value is -1.28. The Morgan fingerprint density at radius 3 is 2.60 bits per heavy atom. The van der Waals surface area contributed by atoms with Gasteiger partial charge in [0.2, 0.25) is 0 Å². The molecule has 1 N–H and O–H groups in total. The molecule has 0 amide bonds. The molecule has 0 heterocycles. The van der Waals surface area contributed by atoms with Gasteiger partial charge in [0.05, 0.1) is 19.0 Å². The molecule has 1 rings (SSSR count). The van der Waals surface area contributed by atoms with E-state index in [0.717, 1.165) is 5.56 Å². The Balaban J connectivity index is 2.57. The number of ether oxygens (including phenoxy) is 1. The molecule has 15 heavy (non-hydrogen) atoms. The Bertz CT molecular complexity index is 293. The summed E-state index contributed by atoms with van der Waals surface area (Å²) in [7, 11) is 0. The molecule has 2 heteroatoms. The summed E-state index contributed by atoms with van der Waals surface area (Å²) in [6, 6.07) is 9.96. The molecule has 0 bridgehead atoms. The summed E-state index contributed by atoms with van der Waals surface area (Å²) in [5, 5.41) is 9.83. The standard InChI is InChI=1S/C13H18O2/c1-3-15-10-9-13(14)11(2)12-7-5-4-6-8-12/h4-11,13-14H,3H2,1-2H3/b10-9+. The molecule has 2 nitrogen and oxygen atoms in total. The lowest BCUT2D eigenvalue weighted by molar-refractivity contribution is 0.188. The maximum Gasteiger partial charge on any atom is 0.0845 e. The largest absolute Gasteiger partial charge is 0.502 e. The van der Waals surface area contributed by atoms with E-state index in [-0.39, 0.29) is 5.92 Å². The molecule has 2 atom stereocenters. The van der Waals surface area contributed by atoms with Crippen LogP contribution < -0.4 is 0 Å². The van der Waals surface area contributed by atoms with Gasteiger partial charge in [-0.15, -0.1) is 0 Å². The third kappa shape index (κ3) is 3.76. The van der Waals surface area contributed by atoms with Crippen LogP contribution in [0.15, 0.2) is 42.7 Å². The van der Waals surface area contributed by atoms with Gasteiger partial charge in [-0.25, -0.2) is 0 Å². The van der Waals surface area contributed by atoms with Gasteiger partial charge in [-0.2, -0.15) is 0 Å². The smallest absolute Gasteiger partial charge is 0.0845 e. The van der Waals surface area contributed by atoms with Crippen molar-refractivity contribution in [3.05, 3.63) is 48.2 Å². The monoisotopic (exact) mass is 206 g/mol. The first kappa shape index (κ1) is 11.8. The summed E-state index contributed by atoms with van der Waals surface area (Å²) in [6.07, 6.45) is 2.74. The zero-order valence-corrected chi connectivity index (χ0v) is 9.26. The number of benzene rings is 1. The average molecular weight is 206 g/mol. The van der Waals surface area contributed by atoms with Crippen LogP contribution >= 0.6 is 0 Å². The summed E-state index contributed by atoms with van der Waals surface area (Å²) in [5.41, 5.74) is 1.13. The molecule has 0 saturated carbocycles. The summed E-state index contributed by atoms with van der Waals surface area (Å²) in [6.45, 7) is 4.54. The molecule has 0 aliphatic carbocycles. The fourth-order valence-corrected chi connectivity index (χ4v) is 1.35. The van der Waals surface area contributed by atoms with E-state index in [4.69, 9.17) is 4.74 Å². The lowest BCUT2D eigenvalue weighted by atomic mass is 9.95. The lowest BCUT2D eigenvalue weighted by Crippen LogP contribution is -2.12. The van der Waals surface area contributed by atoms with E-state index in [1.165, 1.54) is 0 Å². The van der Waals surface area contributed by atoms with Gasteiger partial charge in [-0.3, -0.25) is 0 Å². The molecular formula is C13H18O2. The number of aliphatic hydroxyl groups is 1. The molecular weight excluding hydrogens is 188 g/mol. The number of rotatable bonds is 5. The minimum atomic E-state index is -0.501. The molecule has 0 saturated heterocycles. The minimum Gasteiger partial charge on any atom is -0.502 e. The summed E-state index contributed by atoms with van der Waals surface area (Å²) in [4.78, 5) is 0. The van der Waals surface area contributed by atoms with Crippen LogP contribution in [0.3, 0.4) is 0 Å². The van der Waals surface area contributed by atoms with Crippen molar-refractivity contribution in [3.63, 3.8) is 0 Å². The van der Waals surface area contributed by atoms with Crippen molar-refractivity contribution < 1.29 is 9.84 Å². The van der Waals surface area contributed by atoms with E-state index in [2.05, 4.69) is 0 Å². The van der Waals surface area contributed by atoms with Gasteiger partial charge in [-0.05, 0) is 18.6 Å². The van der Waals surface area contributed by atoms with E-state index in [1.807, 2.05) is 44.2 Å². The van der Waals surface area contributed by atoms with Crippen LogP contribution in [0.2, 0.25) is 0 Å². The average Bonchev–Trinajstić information content (AvgIpc) is 2.29. The molecule has 0 aliphatic heterocycles. The van der Waals surface area contributed by atoms with Crippen molar-refractivity contribution >= 4 is 0 Å². The molecule has 1 aromatic rings. The van der Waals surface area contributed by atoms with Crippen molar-refractivity contribution in [2.75, 3.05) is 6.61 Å². The number of aliphatic hydroxyl groups excluding tert-OH is 1. The third-order valence-corrected chi connectivity index (χ3v) is 2.38. The summed E-state index contributed by atoms with van der Waals surface area (Å²) >= 11 is 0. The van der Waals surface area contributed by atoms with Crippen molar-refractivity contribution in [2.45, 2.75) is 25.9 Å². The maximum absolute atomic E-state index is 9.83. The predicted octanol–water partition coefficient (Wildman–Crippen LogP) is 2.70. The van der Waals surface area contributed by atoms with Crippen molar-refractivity contribution in [3.8, 4) is 0 Å². The van der Waals surface area contributed by atoms with Gasteiger partial charge in [0.1, 0.15) is 0 Å². The minimum absolute atomic E-state index is 0.0860. The molecule has 0 fully saturated rings. The highest BCUT2D eigenvalue weighted by Crippen LogP contribution is 2.19. The number of hydrogen-bond donors (Lipinski definition) is 1. The van der Waals surface area contributed by atoms with Crippen molar-refractivity contribution in [2.24, 2.45) is 0 Å². The SMILES string of the molecule is CCO/C=C/C(O)C(C)c1ccccc1. The first-order valence-corrected chi connectivity index (χ1v) is 5.27. The van der Waals surface area contributed by atoms with Crippen molar-refractivity contribution in [1.29, 1.82) is 0 Å². The molecule has 2 unspecified atom stereocenters. The highest BCUT2D eigenvalue weighted by molar-refractivity contribution is 5.21. The predicted molar refractivity (Wildman–Crippen MR) is 61.6 cm³/mol. The second-order valence-electron chi connectivity index (χ2n) is 3.47. The molecule has 82 valence electrons. The van der Waals surface area contributed by atoms with E-state index in [1.54, 1.807) is 12.3 Å². The Morgan fingerprint density at radius 2 is 2.00 bits per heavy atom. The molecule has 0 spiro atoms. The van der Waals surface area contributed by atoms with Crippen LogP contribution in [0, 0.1) is 0 Å². The Morgan fingerprint density at radius 1 is 1.33 bits per heavy atom. The lowest BCUT2D eigenvalue weighted by Gasteiger charge is -2.15. The van der Waals surface area contributed by atoms with Crippen molar-refractivity contribution in [1.82, 2.24) is 0 Å². The second kappa shape index (κ2) is 6.25. The second-order valence-corrected chi connectivity index (χ2v) is 3.47. The van der Waals surface area contributed by atoms with E-state index in [9.17, 15) is 5.11 Å². The van der Waals surface area contributed by atoms with Gasteiger partial charge in [0, 0.05) is 5.92 Å². The zero-order valence-electron chi connectivity index (χ0n) is 9.26.